The third-order valence-electron chi connectivity index (χ3n) is 6.54. The maximum Gasteiger partial charge on any atom is 0.410 e. The number of aromatic carboxylic acids is 1. The van der Waals surface area contributed by atoms with E-state index in [1.807, 2.05) is 0 Å². The Hall–Kier alpha value is -3.18. The fourth-order valence-electron chi connectivity index (χ4n) is 4.45. The van der Waals surface area contributed by atoms with Crippen LogP contribution in [0.3, 0.4) is 0 Å². The Bertz CT molecular complexity index is 1800. The number of fused-ring (bicyclic) bond motifs is 1. The number of hydrogen-bond acceptors (Lipinski definition) is 8. The van der Waals surface area contributed by atoms with Gasteiger partial charge in [-0.25, -0.2) is 9.59 Å². The molecule has 1 aliphatic heterocycles. The van der Waals surface area contributed by atoms with Gasteiger partial charge in [0.1, 0.15) is 16.7 Å². The molecule has 16 heteroatoms. The summed E-state index contributed by atoms with van der Waals surface area (Å²) in [6.07, 6.45) is 0.0190. The Balaban J connectivity index is 1.46. The van der Waals surface area contributed by atoms with Gasteiger partial charge in [0.25, 0.3) is 5.91 Å². The molecule has 46 heavy (non-hydrogen) atoms. The maximum atomic E-state index is 13.2. The Labute approximate surface area is 292 Å². The molecular weight excluding hydrogens is 718 g/mol. The highest BCUT2D eigenvalue weighted by molar-refractivity contribution is 8.00. The Kier molecular flexibility index (Phi) is 11.1. The van der Waals surface area contributed by atoms with Gasteiger partial charge >= 0.3 is 12.1 Å². The summed E-state index contributed by atoms with van der Waals surface area (Å²) in [4.78, 5) is 53.8. The first-order valence-corrected chi connectivity index (χ1v) is 16.7. The summed E-state index contributed by atoms with van der Waals surface area (Å²) in [5, 5.41) is 23.4. The quantitative estimate of drug-likeness (QED) is 0.124. The molecule has 1 aliphatic rings. The smallest absolute Gasteiger partial charge is 0.410 e. The van der Waals surface area contributed by atoms with Crippen LogP contribution in [-0.4, -0.2) is 51.3 Å². The molecule has 3 amide bonds. The number of thiophene rings is 1. The molecule has 4 rings (SSSR count). The Morgan fingerprint density at radius 1 is 1.07 bits per heavy atom. The van der Waals surface area contributed by atoms with Crippen molar-refractivity contribution in [3.8, 4) is 6.07 Å². The van der Waals surface area contributed by atoms with E-state index in [-0.39, 0.29) is 33.2 Å². The summed E-state index contributed by atoms with van der Waals surface area (Å²) in [6, 6.07) is 8.71. The molecular formula is C30H26Cl4N4O6S2. The summed E-state index contributed by atoms with van der Waals surface area (Å²) in [7, 11) is 0. The summed E-state index contributed by atoms with van der Waals surface area (Å²) >= 11 is 26.7. The molecule has 3 N–H and O–H groups in total. The number of amides is 3. The van der Waals surface area contributed by atoms with Gasteiger partial charge in [0, 0.05) is 22.0 Å². The van der Waals surface area contributed by atoms with Crippen LogP contribution < -0.4 is 10.6 Å². The number of carbonyl (C=O) groups excluding carboxylic acids is 3. The fourth-order valence-corrected chi connectivity index (χ4v) is 7.61. The number of carboxylic acid groups (broad SMARTS) is 1. The lowest BCUT2D eigenvalue weighted by Crippen LogP contribution is -2.39. The molecule has 10 nitrogen and oxygen atoms in total. The van der Waals surface area contributed by atoms with Crippen LogP contribution in [-0.2, 0) is 22.5 Å². The summed E-state index contributed by atoms with van der Waals surface area (Å²) in [5.41, 5.74) is -0.231. The third-order valence-corrected chi connectivity index (χ3v) is 10.6. The molecule has 1 atom stereocenters. The van der Waals surface area contributed by atoms with E-state index in [4.69, 9.17) is 51.1 Å². The van der Waals surface area contributed by atoms with Crippen LogP contribution in [0.25, 0.3) is 0 Å². The van der Waals surface area contributed by atoms with E-state index in [9.17, 15) is 29.5 Å². The van der Waals surface area contributed by atoms with Crippen molar-refractivity contribution in [1.82, 2.24) is 4.90 Å². The first-order chi connectivity index (χ1) is 21.5. The zero-order chi connectivity index (χ0) is 34.1. The van der Waals surface area contributed by atoms with E-state index in [1.165, 1.54) is 23.1 Å². The Morgan fingerprint density at radius 3 is 2.33 bits per heavy atom. The van der Waals surface area contributed by atoms with Crippen molar-refractivity contribution < 1.29 is 29.0 Å². The van der Waals surface area contributed by atoms with Crippen molar-refractivity contribution in [3.05, 3.63) is 71.5 Å². The molecule has 0 aliphatic carbocycles. The molecule has 0 fully saturated rings. The first kappa shape index (κ1) is 35.7. The second kappa shape index (κ2) is 14.3. The number of nitrogens with one attached hydrogen (secondary N) is 2. The molecule has 0 saturated heterocycles. The number of halogens is 4. The van der Waals surface area contributed by atoms with E-state index < -0.39 is 45.0 Å². The normalized spacial score (nSPS) is 13.3. The number of nitriles is 1. The predicted molar refractivity (Wildman–Crippen MR) is 181 cm³/mol. The van der Waals surface area contributed by atoms with Crippen molar-refractivity contribution >= 4 is 104 Å². The van der Waals surface area contributed by atoms with Crippen LogP contribution in [0.5, 0.6) is 0 Å². The van der Waals surface area contributed by atoms with Crippen LogP contribution in [0.4, 0.5) is 15.5 Å². The zero-order valence-corrected chi connectivity index (χ0v) is 29.4. The van der Waals surface area contributed by atoms with Crippen LogP contribution in [0.1, 0.15) is 64.4 Å². The minimum absolute atomic E-state index is 0.265. The molecule has 242 valence electrons. The largest absolute Gasteiger partial charge is 0.478 e. The first-order valence-electron chi connectivity index (χ1n) is 13.5. The van der Waals surface area contributed by atoms with E-state index >= 15 is 0 Å². The van der Waals surface area contributed by atoms with Crippen molar-refractivity contribution in [3.63, 3.8) is 0 Å². The summed E-state index contributed by atoms with van der Waals surface area (Å²) in [6.45, 7) is 7.72. The third kappa shape index (κ3) is 7.85. The lowest BCUT2D eigenvalue weighted by atomic mass is 10.0. The van der Waals surface area contributed by atoms with E-state index in [0.29, 0.717) is 28.4 Å². The minimum Gasteiger partial charge on any atom is -0.478 e. The summed E-state index contributed by atoms with van der Waals surface area (Å²) in [5.74, 6) is -2.76. The van der Waals surface area contributed by atoms with Gasteiger partial charge in [-0.05, 0) is 57.9 Å². The number of carbonyl (C=O) groups is 4. The average molecular weight is 745 g/mol. The maximum absolute atomic E-state index is 13.2. The van der Waals surface area contributed by atoms with E-state index in [2.05, 4.69) is 16.7 Å². The number of benzene rings is 2. The van der Waals surface area contributed by atoms with Crippen molar-refractivity contribution in [2.45, 2.75) is 56.4 Å². The highest BCUT2D eigenvalue weighted by atomic mass is 35.5. The van der Waals surface area contributed by atoms with Gasteiger partial charge in [-0.1, -0.05) is 52.5 Å². The lowest BCUT2D eigenvalue weighted by Gasteiger charge is -2.29. The van der Waals surface area contributed by atoms with Crippen LogP contribution in [0.2, 0.25) is 20.1 Å². The lowest BCUT2D eigenvalue weighted by molar-refractivity contribution is -0.115. The van der Waals surface area contributed by atoms with E-state index in [1.54, 1.807) is 56.9 Å². The van der Waals surface area contributed by atoms with Crippen LogP contribution >= 0.6 is 69.5 Å². The average Bonchev–Trinajstić information content (AvgIpc) is 3.32. The molecule has 3 aromatic rings. The van der Waals surface area contributed by atoms with E-state index in [0.717, 1.165) is 10.4 Å². The topological polar surface area (TPSA) is 149 Å². The monoisotopic (exact) mass is 742 g/mol. The predicted octanol–water partition coefficient (Wildman–Crippen LogP) is 8.60. The molecule has 0 bridgehead atoms. The number of ether oxygens (including phenoxy) is 1. The number of carboxylic acids is 1. The van der Waals surface area contributed by atoms with Gasteiger partial charge in [-0.3, -0.25) is 9.59 Å². The second-order valence-corrected chi connectivity index (χ2v) is 15.0. The van der Waals surface area contributed by atoms with Crippen molar-refractivity contribution in [2.75, 3.05) is 17.2 Å². The van der Waals surface area contributed by atoms with Gasteiger partial charge in [0.05, 0.1) is 48.6 Å². The van der Waals surface area contributed by atoms with Crippen molar-refractivity contribution in [2.24, 2.45) is 0 Å². The Morgan fingerprint density at radius 2 is 1.72 bits per heavy atom. The second-order valence-electron chi connectivity index (χ2n) is 11.0. The van der Waals surface area contributed by atoms with Gasteiger partial charge in [-0.15, -0.1) is 23.1 Å². The molecule has 0 radical (unpaired) electrons. The molecule has 0 spiro atoms. The van der Waals surface area contributed by atoms with Gasteiger partial charge in [0.15, 0.2) is 0 Å². The molecule has 2 aromatic carbocycles. The van der Waals surface area contributed by atoms with Crippen molar-refractivity contribution in [1.29, 1.82) is 5.26 Å². The minimum atomic E-state index is -1.52. The molecule has 0 saturated carbocycles. The van der Waals surface area contributed by atoms with Gasteiger partial charge in [0.2, 0.25) is 5.91 Å². The molecule has 2 heterocycles. The molecule has 1 unspecified atom stereocenters. The highest BCUT2D eigenvalue weighted by Gasteiger charge is 2.31. The zero-order valence-electron chi connectivity index (χ0n) is 24.7. The standard InChI is InChI=1S/C30H26Cl4N4O6S2/c1-13(25(39)37-27-17(11-35)16-8-9-38(12-18(16)46-27)29(43)44-30(2,3)4)45-15-7-5-6-14(10-15)36-26(40)19-20(28(41)42)22(32)24(34)23(33)21(19)31/h5-7,10,13H,8-9,12H2,1-4H3,(H,36,40)(H,37,39)(H,41,42). The van der Waals surface area contributed by atoms with Crippen LogP contribution in [0.15, 0.2) is 29.2 Å². The molecule has 1 aromatic heterocycles. The number of rotatable bonds is 7. The number of thioether (sulfide) groups is 1. The highest BCUT2D eigenvalue weighted by Crippen LogP contribution is 2.42. The SMILES string of the molecule is CC(Sc1cccc(NC(=O)c2c(Cl)c(Cl)c(Cl)c(Cl)c2C(=O)O)c1)C(=O)Nc1sc2c(c1C#N)CCN(C(=O)OC(C)(C)C)C2. The van der Waals surface area contributed by atoms with Crippen LogP contribution in [0, 0.1) is 11.3 Å². The van der Waals surface area contributed by atoms with Gasteiger partial charge in [-0.2, -0.15) is 5.26 Å². The summed E-state index contributed by atoms with van der Waals surface area (Å²) < 4.78 is 5.48. The number of nitrogens with zero attached hydrogens (tertiary/aromatic N) is 2. The van der Waals surface area contributed by atoms with Gasteiger partial charge < -0.3 is 25.4 Å². The number of anilines is 2. The number of hydrogen-bond donors (Lipinski definition) is 3. The fraction of sp³-hybridized carbons (Fsp3) is 0.300.